The monoisotopic (exact) mass is 234 g/mol. The SMILES string of the molecule is COc1ccc2c(c1OC)C(CC(=O)O)C=C2. The van der Waals surface area contributed by atoms with Gasteiger partial charge in [-0.3, -0.25) is 4.79 Å². The van der Waals surface area contributed by atoms with Crippen LogP contribution < -0.4 is 9.47 Å². The molecule has 4 heteroatoms. The number of carbonyl (C=O) groups is 1. The highest BCUT2D eigenvalue weighted by atomic mass is 16.5. The van der Waals surface area contributed by atoms with Crippen LogP contribution in [0.25, 0.3) is 6.08 Å². The fourth-order valence-electron chi connectivity index (χ4n) is 2.17. The molecule has 2 rings (SSSR count). The number of methoxy groups -OCH3 is 2. The van der Waals surface area contributed by atoms with Gasteiger partial charge in [-0.15, -0.1) is 0 Å². The van der Waals surface area contributed by atoms with Crippen LogP contribution in [0.2, 0.25) is 0 Å². The first-order valence-electron chi connectivity index (χ1n) is 5.32. The largest absolute Gasteiger partial charge is 0.493 e. The summed E-state index contributed by atoms with van der Waals surface area (Å²) >= 11 is 0. The van der Waals surface area contributed by atoms with Crippen molar-refractivity contribution in [3.8, 4) is 11.5 Å². The van der Waals surface area contributed by atoms with E-state index in [1.54, 1.807) is 14.2 Å². The van der Waals surface area contributed by atoms with Gasteiger partial charge in [0.15, 0.2) is 11.5 Å². The molecular weight excluding hydrogens is 220 g/mol. The zero-order valence-corrected chi connectivity index (χ0v) is 9.77. The number of allylic oxidation sites excluding steroid dienone is 1. The Morgan fingerprint density at radius 1 is 1.35 bits per heavy atom. The van der Waals surface area contributed by atoms with Crippen molar-refractivity contribution in [2.24, 2.45) is 0 Å². The van der Waals surface area contributed by atoms with E-state index in [0.29, 0.717) is 11.5 Å². The highest BCUT2D eigenvalue weighted by Gasteiger charge is 2.26. The van der Waals surface area contributed by atoms with E-state index in [4.69, 9.17) is 14.6 Å². The van der Waals surface area contributed by atoms with Crippen LogP contribution in [0.1, 0.15) is 23.5 Å². The lowest BCUT2D eigenvalue weighted by Crippen LogP contribution is -2.05. The van der Waals surface area contributed by atoms with Crippen molar-refractivity contribution >= 4 is 12.0 Å². The van der Waals surface area contributed by atoms with Crippen molar-refractivity contribution in [3.05, 3.63) is 29.3 Å². The molecule has 90 valence electrons. The Labute approximate surface area is 99.5 Å². The number of rotatable bonds is 4. The third kappa shape index (κ3) is 1.98. The third-order valence-electron chi connectivity index (χ3n) is 2.89. The van der Waals surface area contributed by atoms with E-state index in [9.17, 15) is 4.79 Å². The zero-order valence-electron chi connectivity index (χ0n) is 9.77. The van der Waals surface area contributed by atoms with Gasteiger partial charge in [0.2, 0.25) is 0 Å². The first-order valence-corrected chi connectivity index (χ1v) is 5.32. The van der Waals surface area contributed by atoms with Gasteiger partial charge in [0.05, 0.1) is 20.6 Å². The number of aliphatic carboxylic acids is 1. The molecule has 4 nitrogen and oxygen atoms in total. The van der Waals surface area contributed by atoms with Crippen molar-refractivity contribution in [2.75, 3.05) is 14.2 Å². The Bertz CT molecular complexity index is 477. The Morgan fingerprint density at radius 3 is 2.71 bits per heavy atom. The highest BCUT2D eigenvalue weighted by molar-refractivity contribution is 5.75. The lowest BCUT2D eigenvalue weighted by Gasteiger charge is -2.16. The first kappa shape index (κ1) is 11.5. The second-order valence-electron chi connectivity index (χ2n) is 3.87. The van der Waals surface area contributed by atoms with Crippen LogP contribution in [-0.4, -0.2) is 25.3 Å². The minimum Gasteiger partial charge on any atom is -0.493 e. The molecule has 0 bridgehead atoms. The summed E-state index contributed by atoms with van der Waals surface area (Å²) in [5, 5.41) is 8.88. The second kappa shape index (κ2) is 4.49. The minimum atomic E-state index is -0.822. The number of hydrogen-bond donors (Lipinski definition) is 1. The highest BCUT2D eigenvalue weighted by Crippen LogP contribution is 2.43. The number of carboxylic acid groups (broad SMARTS) is 1. The Morgan fingerprint density at radius 2 is 2.12 bits per heavy atom. The van der Waals surface area contributed by atoms with Crippen LogP contribution in [0.3, 0.4) is 0 Å². The number of ether oxygens (including phenoxy) is 2. The molecule has 0 amide bonds. The van der Waals surface area contributed by atoms with Gasteiger partial charge in [-0.1, -0.05) is 18.2 Å². The number of carboxylic acids is 1. The molecular formula is C13H14O4. The second-order valence-corrected chi connectivity index (χ2v) is 3.87. The molecule has 17 heavy (non-hydrogen) atoms. The predicted molar refractivity (Wildman–Crippen MR) is 63.6 cm³/mol. The van der Waals surface area contributed by atoms with Crippen LogP contribution in [0.15, 0.2) is 18.2 Å². The standard InChI is InChI=1S/C13H14O4/c1-16-10-6-5-8-3-4-9(7-11(14)15)12(8)13(10)17-2/h3-6,9H,7H2,1-2H3,(H,14,15). The summed E-state index contributed by atoms with van der Waals surface area (Å²) in [5.74, 6) is 0.288. The van der Waals surface area contributed by atoms with Gasteiger partial charge in [0, 0.05) is 11.5 Å². The van der Waals surface area contributed by atoms with Gasteiger partial charge >= 0.3 is 5.97 Å². The third-order valence-corrected chi connectivity index (χ3v) is 2.89. The van der Waals surface area contributed by atoms with Crippen LogP contribution in [0.4, 0.5) is 0 Å². The van der Waals surface area contributed by atoms with Gasteiger partial charge in [0.25, 0.3) is 0 Å². The predicted octanol–water partition coefficient (Wildman–Crippen LogP) is 2.29. The van der Waals surface area contributed by atoms with Crippen LogP contribution in [0, 0.1) is 0 Å². The van der Waals surface area contributed by atoms with Gasteiger partial charge in [-0.25, -0.2) is 0 Å². The first-order chi connectivity index (χ1) is 8.17. The molecule has 1 unspecified atom stereocenters. The Hall–Kier alpha value is -1.97. The maximum absolute atomic E-state index is 10.8. The number of benzene rings is 1. The molecule has 0 fully saturated rings. The molecule has 1 aromatic rings. The molecule has 1 atom stereocenters. The summed E-state index contributed by atoms with van der Waals surface area (Å²) in [7, 11) is 3.13. The van der Waals surface area contributed by atoms with E-state index >= 15 is 0 Å². The molecule has 0 radical (unpaired) electrons. The fraction of sp³-hybridized carbons (Fsp3) is 0.308. The quantitative estimate of drug-likeness (QED) is 0.868. The molecule has 0 spiro atoms. The van der Waals surface area contributed by atoms with Crippen molar-refractivity contribution < 1.29 is 19.4 Å². The van der Waals surface area contributed by atoms with Crippen LogP contribution in [-0.2, 0) is 4.79 Å². The normalized spacial score (nSPS) is 16.7. The van der Waals surface area contributed by atoms with E-state index < -0.39 is 5.97 Å². The average molecular weight is 234 g/mol. The molecule has 0 aliphatic heterocycles. The molecule has 0 saturated carbocycles. The molecule has 1 aliphatic rings. The van der Waals surface area contributed by atoms with E-state index in [-0.39, 0.29) is 12.3 Å². The summed E-state index contributed by atoms with van der Waals surface area (Å²) < 4.78 is 10.5. The molecule has 0 aromatic heterocycles. The van der Waals surface area contributed by atoms with Crippen LogP contribution in [0.5, 0.6) is 11.5 Å². The number of fused-ring (bicyclic) bond motifs is 1. The molecule has 1 N–H and O–H groups in total. The van der Waals surface area contributed by atoms with Crippen molar-refractivity contribution in [2.45, 2.75) is 12.3 Å². The van der Waals surface area contributed by atoms with Crippen molar-refractivity contribution in [1.82, 2.24) is 0 Å². The maximum atomic E-state index is 10.8. The summed E-state index contributed by atoms with van der Waals surface area (Å²) in [6.45, 7) is 0. The molecule has 0 heterocycles. The van der Waals surface area contributed by atoms with Crippen LogP contribution >= 0.6 is 0 Å². The molecule has 1 aliphatic carbocycles. The van der Waals surface area contributed by atoms with E-state index in [0.717, 1.165) is 11.1 Å². The fourth-order valence-corrected chi connectivity index (χ4v) is 2.17. The maximum Gasteiger partial charge on any atom is 0.304 e. The van der Waals surface area contributed by atoms with Gasteiger partial charge in [-0.05, 0) is 11.6 Å². The number of hydrogen-bond acceptors (Lipinski definition) is 3. The van der Waals surface area contributed by atoms with Crippen molar-refractivity contribution in [1.29, 1.82) is 0 Å². The van der Waals surface area contributed by atoms with Gasteiger partial charge in [-0.2, -0.15) is 0 Å². The summed E-state index contributed by atoms with van der Waals surface area (Å²) in [4.78, 5) is 10.8. The summed E-state index contributed by atoms with van der Waals surface area (Å²) in [6.07, 6.45) is 3.87. The summed E-state index contributed by atoms with van der Waals surface area (Å²) in [5.41, 5.74) is 1.89. The van der Waals surface area contributed by atoms with E-state index in [2.05, 4.69) is 0 Å². The van der Waals surface area contributed by atoms with Crippen molar-refractivity contribution in [3.63, 3.8) is 0 Å². The smallest absolute Gasteiger partial charge is 0.304 e. The average Bonchev–Trinajstić information content (AvgIpc) is 2.70. The summed E-state index contributed by atoms with van der Waals surface area (Å²) in [6, 6.07) is 3.74. The van der Waals surface area contributed by atoms with Gasteiger partial charge in [0.1, 0.15) is 0 Å². The Kier molecular flexibility index (Phi) is 3.04. The minimum absolute atomic E-state index is 0.0625. The zero-order chi connectivity index (χ0) is 12.4. The lowest BCUT2D eigenvalue weighted by atomic mass is 9.96. The molecule has 0 saturated heterocycles. The Balaban J connectivity index is 2.47. The van der Waals surface area contributed by atoms with E-state index in [1.807, 2.05) is 24.3 Å². The lowest BCUT2D eigenvalue weighted by molar-refractivity contribution is -0.137. The molecule has 1 aromatic carbocycles. The topological polar surface area (TPSA) is 55.8 Å². The van der Waals surface area contributed by atoms with E-state index in [1.165, 1.54) is 0 Å². The van der Waals surface area contributed by atoms with Gasteiger partial charge < -0.3 is 14.6 Å².